The summed E-state index contributed by atoms with van der Waals surface area (Å²) >= 11 is 0. The van der Waals surface area contributed by atoms with Crippen LogP contribution in [0, 0.1) is 0 Å². The third kappa shape index (κ3) is 4.26. The van der Waals surface area contributed by atoms with Crippen molar-refractivity contribution in [3.05, 3.63) is 235 Å². The fourth-order valence-corrected chi connectivity index (χ4v) is 10.1. The maximum Gasteiger partial charge on any atom is 0.0726 e. The first kappa shape index (κ1) is 31.2. The Balaban J connectivity index is 1.24. The Morgan fingerprint density at radius 1 is 0.268 bits per heavy atom. The zero-order valence-corrected chi connectivity index (χ0v) is 30.7. The van der Waals surface area contributed by atoms with E-state index in [-0.39, 0.29) is 0 Å². The summed E-state index contributed by atoms with van der Waals surface area (Å²) in [6.07, 6.45) is 0. The summed E-state index contributed by atoms with van der Waals surface area (Å²) in [6, 6.07) is 78.8. The number of anilines is 3. The summed E-state index contributed by atoms with van der Waals surface area (Å²) in [7, 11) is 0. The van der Waals surface area contributed by atoms with E-state index in [2.05, 4.69) is 217 Å². The number of rotatable bonds is 5. The molecule has 10 aromatic carbocycles. The highest BCUT2D eigenvalue weighted by Gasteiger charge is 2.51. The third-order valence-corrected chi connectivity index (χ3v) is 12.4. The van der Waals surface area contributed by atoms with E-state index < -0.39 is 5.41 Å². The van der Waals surface area contributed by atoms with Crippen molar-refractivity contribution >= 4 is 49.4 Å². The molecular formula is C55H35N. The smallest absolute Gasteiger partial charge is 0.0726 e. The highest BCUT2D eigenvalue weighted by atomic mass is 15.1. The molecule has 0 atom stereocenters. The van der Waals surface area contributed by atoms with Crippen LogP contribution in [0.4, 0.5) is 17.1 Å². The minimum atomic E-state index is -0.526. The van der Waals surface area contributed by atoms with E-state index in [0.717, 1.165) is 17.1 Å². The Bertz CT molecular complexity index is 3040. The van der Waals surface area contributed by atoms with Gasteiger partial charge in [0, 0.05) is 17.1 Å². The Morgan fingerprint density at radius 3 is 1.29 bits per heavy atom. The third-order valence-electron chi connectivity index (χ3n) is 12.4. The molecule has 0 aliphatic heterocycles. The maximum absolute atomic E-state index is 2.52. The van der Waals surface area contributed by atoms with Crippen molar-refractivity contribution < 1.29 is 0 Å². The maximum atomic E-state index is 2.52. The van der Waals surface area contributed by atoms with Gasteiger partial charge in [0.25, 0.3) is 0 Å². The van der Waals surface area contributed by atoms with Crippen LogP contribution in [0.2, 0.25) is 0 Å². The second kappa shape index (κ2) is 11.9. The molecule has 12 rings (SSSR count). The number of benzene rings is 10. The van der Waals surface area contributed by atoms with Crippen molar-refractivity contribution in [2.75, 3.05) is 4.90 Å². The van der Waals surface area contributed by atoms with Gasteiger partial charge in [0.15, 0.2) is 0 Å². The quantitative estimate of drug-likeness (QED) is 0.161. The standard InChI is InChI=1S/C55H35N/c1-5-16-36(17-6-1)38-28-30-49-46(32-38)47-33-39(37-18-7-2-8-19-37)29-31-50(47)55(49)51-27-15-26-45-43-24-13-14-25-44(43)48-34-42(35-52(55)54(48)53(45)51)56(40-20-9-3-10-21-40)41-22-11-4-12-23-41/h1-35H. The molecule has 0 N–H and O–H groups in total. The average molecular weight is 710 g/mol. The number of hydrogen-bond donors (Lipinski definition) is 0. The van der Waals surface area contributed by atoms with Gasteiger partial charge in [0.1, 0.15) is 0 Å². The molecule has 1 heteroatoms. The van der Waals surface area contributed by atoms with Crippen LogP contribution in [0.25, 0.3) is 65.7 Å². The highest BCUT2D eigenvalue weighted by Crippen LogP contribution is 2.64. The fourth-order valence-electron chi connectivity index (χ4n) is 10.1. The molecule has 2 aliphatic rings. The van der Waals surface area contributed by atoms with E-state index in [1.54, 1.807) is 0 Å². The van der Waals surface area contributed by atoms with Gasteiger partial charge in [-0.05, 0) is 136 Å². The number of nitrogens with zero attached hydrogens (tertiary/aromatic N) is 1. The monoisotopic (exact) mass is 709 g/mol. The number of para-hydroxylation sites is 2. The van der Waals surface area contributed by atoms with Crippen LogP contribution in [-0.2, 0) is 5.41 Å². The second-order valence-corrected chi connectivity index (χ2v) is 15.2. The molecule has 0 heterocycles. The number of fused-ring (bicyclic) bond motifs is 10. The second-order valence-electron chi connectivity index (χ2n) is 15.2. The van der Waals surface area contributed by atoms with Crippen LogP contribution in [0.1, 0.15) is 22.3 Å². The van der Waals surface area contributed by atoms with Crippen molar-refractivity contribution in [2.45, 2.75) is 5.41 Å². The first-order chi connectivity index (χ1) is 27.8. The molecule has 0 aromatic heterocycles. The van der Waals surface area contributed by atoms with Crippen LogP contribution in [-0.4, -0.2) is 0 Å². The molecule has 1 nitrogen and oxygen atoms in total. The lowest BCUT2D eigenvalue weighted by molar-refractivity contribution is 0.797. The van der Waals surface area contributed by atoms with E-state index in [1.807, 2.05) is 0 Å². The Labute approximate surface area is 326 Å². The minimum absolute atomic E-state index is 0.526. The first-order valence-electron chi connectivity index (χ1n) is 19.5. The fraction of sp³-hybridized carbons (Fsp3) is 0.0182. The molecule has 0 radical (unpaired) electrons. The Morgan fingerprint density at radius 2 is 0.732 bits per heavy atom. The van der Waals surface area contributed by atoms with Crippen molar-refractivity contribution in [1.29, 1.82) is 0 Å². The molecule has 0 bridgehead atoms. The van der Waals surface area contributed by atoms with Gasteiger partial charge in [-0.2, -0.15) is 0 Å². The molecular weight excluding hydrogens is 675 g/mol. The van der Waals surface area contributed by atoms with E-state index in [4.69, 9.17) is 0 Å². The topological polar surface area (TPSA) is 3.24 Å². The predicted molar refractivity (Wildman–Crippen MR) is 235 cm³/mol. The molecule has 0 saturated heterocycles. The van der Waals surface area contributed by atoms with E-state index in [9.17, 15) is 0 Å². The zero-order valence-electron chi connectivity index (χ0n) is 30.7. The van der Waals surface area contributed by atoms with Crippen molar-refractivity contribution in [1.82, 2.24) is 0 Å². The summed E-state index contributed by atoms with van der Waals surface area (Å²) in [5.41, 5.74) is 15.8. The van der Waals surface area contributed by atoms with E-state index >= 15 is 0 Å². The lowest BCUT2D eigenvalue weighted by atomic mass is 9.69. The zero-order chi connectivity index (χ0) is 36.8. The summed E-state index contributed by atoms with van der Waals surface area (Å²) < 4.78 is 0. The molecule has 0 fully saturated rings. The van der Waals surface area contributed by atoms with Gasteiger partial charge >= 0.3 is 0 Å². The lowest BCUT2D eigenvalue weighted by Gasteiger charge is -2.33. The van der Waals surface area contributed by atoms with Gasteiger partial charge in [-0.3, -0.25) is 0 Å². The van der Waals surface area contributed by atoms with E-state index in [1.165, 1.54) is 88.0 Å². The highest BCUT2D eigenvalue weighted by molar-refractivity contribution is 6.30. The van der Waals surface area contributed by atoms with Crippen LogP contribution in [0.15, 0.2) is 212 Å². The Kier molecular flexibility index (Phi) is 6.62. The molecule has 1 spiro atoms. The summed E-state index contributed by atoms with van der Waals surface area (Å²) in [5, 5.41) is 7.91. The van der Waals surface area contributed by atoms with Crippen LogP contribution < -0.4 is 4.90 Å². The molecule has 0 amide bonds. The lowest BCUT2D eigenvalue weighted by Crippen LogP contribution is -2.26. The van der Waals surface area contributed by atoms with Crippen molar-refractivity contribution in [3.63, 3.8) is 0 Å². The molecule has 0 unspecified atom stereocenters. The van der Waals surface area contributed by atoms with Gasteiger partial charge < -0.3 is 4.90 Å². The Hall–Kier alpha value is -7.22. The average Bonchev–Trinajstić information content (AvgIpc) is 3.74. The van der Waals surface area contributed by atoms with Crippen molar-refractivity contribution in [3.8, 4) is 33.4 Å². The summed E-state index contributed by atoms with van der Waals surface area (Å²) in [6.45, 7) is 0. The van der Waals surface area contributed by atoms with Gasteiger partial charge in [-0.25, -0.2) is 0 Å². The molecule has 2 aliphatic carbocycles. The summed E-state index contributed by atoms with van der Waals surface area (Å²) in [5.74, 6) is 0. The molecule has 260 valence electrons. The van der Waals surface area contributed by atoms with Gasteiger partial charge in [0.05, 0.1) is 5.41 Å². The van der Waals surface area contributed by atoms with Gasteiger partial charge in [0.2, 0.25) is 0 Å². The van der Waals surface area contributed by atoms with Gasteiger partial charge in [-0.15, -0.1) is 0 Å². The van der Waals surface area contributed by atoms with Crippen LogP contribution >= 0.6 is 0 Å². The normalized spacial score (nSPS) is 13.1. The van der Waals surface area contributed by atoms with E-state index in [0.29, 0.717) is 0 Å². The number of hydrogen-bond acceptors (Lipinski definition) is 1. The molecule has 10 aromatic rings. The predicted octanol–water partition coefficient (Wildman–Crippen LogP) is 14.6. The first-order valence-corrected chi connectivity index (χ1v) is 19.5. The minimum Gasteiger partial charge on any atom is -0.310 e. The molecule has 56 heavy (non-hydrogen) atoms. The molecule has 0 saturated carbocycles. The van der Waals surface area contributed by atoms with Crippen LogP contribution in [0.5, 0.6) is 0 Å². The van der Waals surface area contributed by atoms with Gasteiger partial charge in [-0.1, -0.05) is 164 Å². The van der Waals surface area contributed by atoms with Crippen LogP contribution in [0.3, 0.4) is 0 Å². The van der Waals surface area contributed by atoms with Crippen molar-refractivity contribution in [2.24, 2.45) is 0 Å². The largest absolute Gasteiger partial charge is 0.310 e. The summed E-state index contributed by atoms with van der Waals surface area (Å²) in [4.78, 5) is 2.43. The SMILES string of the molecule is c1ccc(-c2ccc3c(c2)-c2cc(-c4ccccc4)ccc2C32c3cccc4c5ccccc5c5cc(N(c6ccccc6)c6ccccc6)cc2c5c34)cc1.